The number of nitrogens with two attached hydrogens (primary N) is 1. The van der Waals surface area contributed by atoms with E-state index in [0.29, 0.717) is 24.3 Å². The zero-order chi connectivity index (χ0) is 13.8. The summed E-state index contributed by atoms with van der Waals surface area (Å²) in [4.78, 5) is 18.4. The van der Waals surface area contributed by atoms with Gasteiger partial charge in [-0.1, -0.05) is 17.7 Å². The molecule has 0 aliphatic heterocycles. The molecule has 1 atom stereocenters. The number of amides is 1. The summed E-state index contributed by atoms with van der Waals surface area (Å²) < 4.78 is 0. The molecule has 1 amide bonds. The van der Waals surface area contributed by atoms with E-state index in [4.69, 9.17) is 22.4 Å². The Hall–Kier alpha value is -1.86. The summed E-state index contributed by atoms with van der Waals surface area (Å²) in [5, 5.41) is 14.7. The molecule has 0 saturated carbocycles. The molecule has 1 aliphatic rings. The Bertz CT molecular complexity index is 520. The molecule has 5 N–H and O–H groups in total. The van der Waals surface area contributed by atoms with Crippen LogP contribution in [0.1, 0.15) is 12.8 Å². The largest absolute Gasteiger partial charge is 0.392 e. The molecule has 1 heterocycles. The van der Waals surface area contributed by atoms with Crippen molar-refractivity contribution in [3.63, 3.8) is 0 Å². The van der Waals surface area contributed by atoms with Crippen molar-refractivity contribution in [1.29, 1.82) is 0 Å². The summed E-state index contributed by atoms with van der Waals surface area (Å²) in [6.07, 6.45) is 3.94. The summed E-state index contributed by atoms with van der Waals surface area (Å²) in [6, 6.07) is 0.0831. The highest BCUT2D eigenvalue weighted by Crippen LogP contribution is 2.30. The number of hydrogen-bond acceptors (Lipinski definition) is 6. The molecule has 0 radical (unpaired) electrons. The highest BCUT2D eigenvalue weighted by molar-refractivity contribution is 6.33. The topological polar surface area (TPSA) is 113 Å². The van der Waals surface area contributed by atoms with E-state index in [9.17, 15) is 4.79 Å². The molecular weight excluding hydrogens is 270 g/mol. The number of halogens is 1. The Morgan fingerprint density at radius 3 is 3.00 bits per heavy atom. The van der Waals surface area contributed by atoms with Crippen LogP contribution in [-0.2, 0) is 4.79 Å². The SMILES string of the molecule is Nc1nc(Cl)c(NC=O)c(N[C@@H]2CC=C(CO)C2)n1. The molecule has 0 bridgehead atoms. The smallest absolute Gasteiger partial charge is 0.223 e. The van der Waals surface area contributed by atoms with E-state index in [-0.39, 0.29) is 23.8 Å². The minimum absolute atomic E-state index is 0.0253. The van der Waals surface area contributed by atoms with E-state index in [0.717, 1.165) is 12.0 Å². The molecule has 19 heavy (non-hydrogen) atoms. The van der Waals surface area contributed by atoms with Crippen molar-refractivity contribution in [1.82, 2.24) is 9.97 Å². The van der Waals surface area contributed by atoms with Gasteiger partial charge in [0, 0.05) is 6.04 Å². The monoisotopic (exact) mass is 283 g/mol. The van der Waals surface area contributed by atoms with Crippen LogP contribution in [0, 0.1) is 0 Å². The van der Waals surface area contributed by atoms with Crippen LogP contribution in [0.25, 0.3) is 0 Å². The maximum absolute atomic E-state index is 10.6. The third-order valence-electron chi connectivity index (χ3n) is 2.83. The van der Waals surface area contributed by atoms with E-state index in [2.05, 4.69) is 20.6 Å². The molecule has 0 spiro atoms. The normalized spacial score (nSPS) is 18.0. The number of nitrogens with zero attached hydrogens (tertiary/aromatic N) is 2. The van der Waals surface area contributed by atoms with Gasteiger partial charge in [0.15, 0.2) is 11.0 Å². The highest BCUT2D eigenvalue weighted by atomic mass is 35.5. The minimum Gasteiger partial charge on any atom is -0.392 e. The second-order valence-corrected chi connectivity index (χ2v) is 4.52. The Morgan fingerprint density at radius 1 is 1.58 bits per heavy atom. The fourth-order valence-electron chi connectivity index (χ4n) is 1.97. The fraction of sp³-hybridized carbons (Fsp3) is 0.364. The Kier molecular flexibility index (Phi) is 4.18. The third kappa shape index (κ3) is 3.12. The van der Waals surface area contributed by atoms with E-state index in [1.165, 1.54) is 0 Å². The summed E-state index contributed by atoms with van der Waals surface area (Å²) in [6.45, 7) is 0.0459. The van der Waals surface area contributed by atoms with Crippen molar-refractivity contribution in [3.05, 3.63) is 16.8 Å². The van der Waals surface area contributed by atoms with Crippen LogP contribution in [0.2, 0.25) is 5.15 Å². The summed E-state index contributed by atoms with van der Waals surface area (Å²) >= 11 is 5.91. The van der Waals surface area contributed by atoms with Gasteiger partial charge in [-0.25, -0.2) is 0 Å². The Morgan fingerprint density at radius 2 is 2.37 bits per heavy atom. The number of rotatable bonds is 5. The number of aliphatic hydroxyl groups excluding tert-OH is 1. The predicted octanol–water partition coefficient (Wildman–Crippen LogP) is 0.773. The lowest BCUT2D eigenvalue weighted by molar-refractivity contribution is -0.105. The molecule has 0 unspecified atom stereocenters. The lowest BCUT2D eigenvalue weighted by atomic mass is 10.2. The maximum Gasteiger partial charge on any atom is 0.223 e. The first-order chi connectivity index (χ1) is 9.13. The number of hydrogen-bond donors (Lipinski definition) is 4. The number of carbonyl (C=O) groups excluding carboxylic acids is 1. The second-order valence-electron chi connectivity index (χ2n) is 4.16. The van der Waals surface area contributed by atoms with Gasteiger partial charge in [0.05, 0.1) is 6.61 Å². The number of nitrogen functional groups attached to an aromatic ring is 1. The van der Waals surface area contributed by atoms with Gasteiger partial charge in [-0.15, -0.1) is 0 Å². The molecule has 1 aromatic heterocycles. The Balaban J connectivity index is 2.17. The van der Waals surface area contributed by atoms with Crippen molar-refractivity contribution >= 4 is 35.5 Å². The second kappa shape index (κ2) is 5.85. The van der Waals surface area contributed by atoms with Crippen molar-refractivity contribution in [2.45, 2.75) is 18.9 Å². The summed E-state index contributed by atoms with van der Waals surface area (Å²) in [7, 11) is 0. The summed E-state index contributed by atoms with van der Waals surface area (Å²) in [5.74, 6) is 0.402. The zero-order valence-corrected chi connectivity index (χ0v) is 10.8. The molecule has 1 aliphatic carbocycles. The van der Waals surface area contributed by atoms with Gasteiger partial charge in [0.25, 0.3) is 0 Å². The van der Waals surface area contributed by atoms with Gasteiger partial charge in [0.2, 0.25) is 12.4 Å². The predicted molar refractivity (Wildman–Crippen MR) is 73.0 cm³/mol. The van der Waals surface area contributed by atoms with E-state index in [1.54, 1.807) is 0 Å². The number of carbonyl (C=O) groups is 1. The molecule has 102 valence electrons. The summed E-state index contributed by atoms with van der Waals surface area (Å²) in [5.41, 5.74) is 6.80. The van der Waals surface area contributed by atoms with Crippen LogP contribution in [0.15, 0.2) is 11.6 Å². The average Bonchev–Trinajstić information content (AvgIpc) is 2.81. The quantitative estimate of drug-likeness (QED) is 0.361. The molecule has 2 rings (SSSR count). The van der Waals surface area contributed by atoms with Crippen LogP contribution in [-0.4, -0.2) is 34.1 Å². The molecule has 0 saturated heterocycles. The van der Waals surface area contributed by atoms with Crippen LogP contribution in [0.3, 0.4) is 0 Å². The van der Waals surface area contributed by atoms with Crippen molar-refractivity contribution in [3.8, 4) is 0 Å². The van der Waals surface area contributed by atoms with Gasteiger partial charge < -0.3 is 21.5 Å². The van der Waals surface area contributed by atoms with Crippen molar-refractivity contribution in [2.24, 2.45) is 0 Å². The lowest BCUT2D eigenvalue weighted by Gasteiger charge is -2.17. The minimum atomic E-state index is 0.0253. The van der Waals surface area contributed by atoms with Crippen LogP contribution in [0.4, 0.5) is 17.5 Å². The molecule has 0 aromatic carbocycles. The molecular formula is C11H14ClN5O2. The molecule has 7 nitrogen and oxygen atoms in total. The van der Waals surface area contributed by atoms with E-state index in [1.807, 2.05) is 6.08 Å². The van der Waals surface area contributed by atoms with Gasteiger partial charge in [-0.3, -0.25) is 4.79 Å². The average molecular weight is 284 g/mol. The number of anilines is 3. The van der Waals surface area contributed by atoms with Crippen LogP contribution < -0.4 is 16.4 Å². The standard InChI is InChI=1S/C11H14ClN5O2/c12-9-8(14-5-19)10(17-11(13)16-9)15-7-2-1-6(3-7)4-18/h1,5,7,18H,2-4H2,(H,14,19)(H3,13,15,16,17)/t7-/m1/s1. The first-order valence-electron chi connectivity index (χ1n) is 5.72. The van der Waals surface area contributed by atoms with Gasteiger partial charge in [-0.2, -0.15) is 9.97 Å². The fourth-order valence-corrected chi connectivity index (χ4v) is 2.20. The first kappa shape index (κ1) is 13.6. The number of aliphatic hydroxyl groups is 1. The lowest BCUT2D eigenvalue weighted by Crippen LogP contribution is -2.19. The van der Waals surface area contributed by atoms with E-state index >= 15 is 0 Å². The van der Waals surface area contributed by atoms with Gasteiger partial charge in [0.1, 0.15) is 5.69 Å². The van der Waals surface area contributed by atoms with Crippen molar-refractivity contribution in [2.75, 3.05) is 23.0 Å². The molecule has 0 fully saturated rings. The zero-order valence-electron chi connectivity index (χ0n) is 10.1. The van der Waals surface area contributed by atoms with Crippen LogP contribution in [0.5, 0.6) is 0 Å². The molecule has 1 aromatic rings. The van der Waals surface area contributed by atoms with Gasteiger partial charge in [-0.05, 0) is 18.4 Å². The van der Waals surface area contributed by atoms with Crippen LogP contribution >= 0.6 is 11.6 Å². The van der Waals surface area contributed by atoms with Gasteiger partial charge >= 0.3 is 0 Å². The number of nitrogens with one attached hydrogen (secondary N) is 2. The first-order valence-corrected chi connectivity index (χ1v) is 6.10. The van der Waals surface area contributed by atoms with E-state index < -0.39 is 0 Å². The van der Waals surface area contributed by atoms with Crippen molar-refractivity contribution < 1.29 is 9.90 Å². The third-order valence-corrected chi connectivity index (χ3v) is 3.10. The maximum atomic E-state index is 10.6. The number of aromatic nitrogens is 2. The highest BCUT2D eigenvalue weighted by Gasteiger charge is 2.20. The Labute approximate surface area is 114 Å². The molecule has 8 heteroatoms.